The molecule has 0 spiro atoms. The van der Waals surface area contributed by atoms with Gasteiger partial charge in [0.1, 0.15) is 5.60 Å². The van der Waals surface area contributed by atoms with Gasteiger partial charge in [0.15, 0.2) is 11.5 Å². The molecule has 0 aliphatic carbocycles. The molecule has 0 atom stereocenters. The first-order chi connectivity index (χ1) is 9.19. The maximum Gasteiger partial charge on any atom is 0.356 e. The first kappa shape index (κ1) is 15.6. The number of hydrogen-bond acceptors (Lipinski definition) is 6. The molecule has 1 aromatic carbocycles. The molecule has 108 valence electrons. The van der Waals surface area contributed by atoms with Crippen LogP contribution in [0.25, 0.3) is 0 Å². The van der Waals surface area contributed by atoms with Crippen molar-refractivity contribution in [2.75, 3.05) is 0 Å². The maximum atomic E-state index is 11.6. The SMILES string of the molecule is CC(=NOc1ccc([N+](=O)[O-])cc1)C(=O)OC(C)(C)C. The van der Waals surface area contributed by atoms with Gasteiger partial charge in [0.25, 0.3) is 5.69 Å². The summed E-state index contributed by atoms with van der Waals surface area (Å²) in [6.07, 6.45) is 0. The molecule has 0 unspecified atom stereocenters. The largest absolute Gasteiger partial charge is 0.455 e. The van der Waals surface area contributed by atoms with Crippen molar-refractivity contribution >= 4 is 17.4 Å². The maximum absolute atomic E-state index is 11.6. The van der Waals surface area contributed by atoms with E-state index >= 15 is 0 Å². The van der Waals surface area contributed by atoms with E-state index in [2.05, 4.69) is 5.16 Å². The number of nitro benzene ring substituents is 1. The summed E-state index contributed by atoms with van der Waals surface area (Å²) in [6.45, 7) is 6.69. The van der Waals surface area contributed by atoms with E-state index < -0.39 is 16.5 Å². The Labute approximate surface area is 116 Å². The lowest BCUT2D eigenvalue weighted by molar-refractivity contribution is -0.384. The molecule has 1 rings (SSSR count). The van der Waals surface area contributed by atoms with Gasteiger partial charge >= 0.3 is 5.97 Å². The molecule has 0 aliphatic heterocycles. The van der Waals surface area contributed by atoms with Crippen LogP contribution in [-0.4, -0.2) is 22.2 Å². The summed E-state index contributed by atoms with van der Waals surface area (Å²) in [6, 6.07) is 5.36. The minimum absolute atomic E-state index is 0.0507. The fourth-order valence-electron chi connectivity index (χ4n) is 1.14. The second kappa shape index (κ2) is 6.14. The highest BCUT2D eigenvalue weighted by Crippen LogP contribution is 2.17. The second-order valence-electron chi connectivity index (χ2n) is 5.02. The van der Waals surface area contributed by atoms with E-state index in [0.717, 1.165) is 0 Å². The van der Waals surface area contributed by atoms with E-state index in [0.29, 0.717) is 5.75 Å². The first-order valence-electron chi connectivity index (χ1n) is 5.88. The first-order valence-corrected chi connectivity index (χ1v) is 5.88. The Morgan fingerprint density at radius 2 is 1.80 bits per heavy atom. The lowest BCUT2D eigenvalue weighted by Gasteiger charge is -2.18. The molecule has 7 heteroatoms. The molecule has 0 aromatic heterocycles. The van der Waals surface area contributed by atoms with Gasteiger partial charge in [0.05, 0.1) is 4.92 Å². The molecule has 1 aromatic rings. The molecule has 0 radical (unpaired) electrons. The molecule has 0 aliphatic rings. The van der Waals surface area contributed by atoms with Gasteiger partial charge in [-0.25, -0.2) is 4.79 Å². The summed E-state index contributed by atoms with van der Waals surface area (Å²) >= 11 is 0. The Balaban J connectivity index is 2.67. The summed E-state index contributed by atoms with van der Waals surface area (Å²) in [4.78, 5) is 26.6. The average molecular weight is 280 g/mol. The van der Waals surface area contributed by atoms with Crippen LogP contribution in [-0.2, 0) is 9.53 Å². The lowest BCUT2D eigenvalue weighted by Crippen LogP contribution is -2.28. The van der Waals surface area contributed by atoms with Crippen molar-refractivity contribution in [1.29, 1.82) is 0 Å². The summed E-state index contributed by atoms with van der Waals surface area (Å²) in [5.74, 6) is -0.294. The molecule has 0 amide bonds. The molecule has 0 bridgehead atoms. The zero-order chi connectivity index (χ0) is 15.3. The smallest absolute Gasteiger partial charge is 0.356 e. The Morgan fingerprint density at radius 3 is 2.25 bits per heavy atom. The fraction of sp³-hybridized carbons (Fsp3) is 0.385. The average Bonchev–Trinajstić information content (AvgIpc) is 2.34. The zero-order valence-corrected chi connectivity index (χ0v) is 11.7. The molecule has 7 nitrogen and oxygen atoms in total. The van der Waals surface area contributed by atoms with Crippen LogP contribution in [0, 0.1) is 10.1 Å². The van der Waals surface area contributed by atoms with Crippen molar-refractivity contribution in [2.24, 2.45) is 5.16 Å². The van der Waals surface area contributed by atoms with Gasteiger partial charge in [-0.15, -0.1) is 0 Å². The number of nitrogens with zero attached hydrogens (tertiary/aromatic N) is 2. The van der Waals surface area contributed by atoms with Crippen molar-refractivity contribution in [3.63, 3.8) is 0 Å². The molecule has 20 heavy (non-hydrogen) atoms. The Bertz CT molecular complexity index is 529. The van der Waals surface area contributed by atoms with Gasteiger partial charge in [-0.05, 0) is 39.8 Å². The number of ether oxygens (including phenoxy) is 1. The van der Waals surface area contributed by atoms with Gasteiger partial charge in [-0.2, -0.15) is 0 Å². The fourth-order valence-corrected chi connectivity index (χ4v) is 1.14. The molecule has 0 saturated carbocycles. The molecule has 0 saturated heterocycles. The number of carbonyl (C=O) groups excluding carboxylic acids is 1. The molecule has 0 fully saturated rings. The van der Waals surface area contributed by atoms with E-state index in [1.165, 1.54) is 31.2 Å². The summed E-state index contributed by atoms with van der Waals surface area (Å²) < 4.78 is 5.10. The number of esters is 1. The normalized spacial score (nSPS) is 11.9. The van der Waals surface area contributed by atoms with E-state index in [9.17, 15) is 14.9 Å². The van der Waals surface area contributed by atoms with Crippen LogP contribution in [0.15, 0.2) is 29.4 Å². The number of rotatable bonds is 4. The predicted octanol–water partition coefficient (Wildman–Crippen LogP) is 2.69. The van der Waals surface area contributed by atoms with E-state index in [1.807, 2.05) is 0 Å². The lowest BCUT2D eigenvalue weighted by atomic mass is 10.2. The number of carbonyl (C=O) groups is 1. The van der Waals surface area contributed by atoms with Crippen LogP contribution in [0.1, 0.15) is 27.7 Å². The van der Waals surface area contributed by atoms with Gasteiger partial charge in [0, 0.05) is 12.1 Å². The third-order valence-electron chi connectivity index (χ3n) is 2.03. The summed E-state index contributed by atoms with van der Waals surface area (Å²) in [5, 5.41) is 14.1. The number of hydrogen-bond donors (Lipinski definition) is 0. The summed E-state index contributed by atoms with van der Waals surface area (Å²) in [7, 11) is 0. The van der Waals surface area contributed by atoms with Crippen molar-refractivity contribution in [1.82, 2.24) is 0 Å². The highest BCUT2D eigenvalue weighted by Gasteiger charge is 2.18. The molecule has 0 N–H and O–H groups in total. The van der Waals surface area contributed by atoms with Gasteiger partial charge in [0.2, 0.25) is 0 Å². The highest BCUT2D eigenvalue weighted by atomic mass is 16.6. The quantitative estimate of drug-likeness (QED) is 0.366. The van der Waals surface area contributed by atoms with Crippen LogP contribution < -0.4 is 4.84 Å². The topological polar surface area (TPSA) is 91.0 Å². The summed E-state index contributed by atoms with van der Waals surface area (Å²) in [5.41, 5.74) is -0.607. The number of benzene rings is 1. The minimum Gasteiger partial charge on any atom is -0.455 e. The van der Waals surface area contributed by atoms with Gasteiger partial charge < -0.3 is 9.57 Å². The molecular weight excluding hydrogens is 264 g/mol. The van der Waals surface area contributed by atoms with Gasteiger partial charge in [-0.1, -0.05) is 5.16 Å². The number of nitro groups is 1. The Kier molecular flexibility index (Phi) is 4.79. The van der Waals surface area contributed by atoms with Crippen molar-refractivity contribution in [3.8, 4) is 5.75 Å². The van der Waals surface area contributed by atoms with Crippen molar-refractivity contribution in [2.45, 2.75) is 33.3 Å². The highest BCUT2D eigenvalue weighted by molar-refractivity contribution is 6.35. The third kappa shape index (κ3) is 5.05. The van der Waals surface area contributed by atoms with E-state index in [4.69, 9.17) is 9.57 Å². The van der Waals surface area contributed by atoms with Crippen molar-refractivity contribution in [3.05, 3.63) is 34.4 Å². The van der Waals surface area contributed by atoms with Crippen LogP contribution in [0.2, 0.25) is 0 Å². The molecule has 0 heterocycles. The van der Waals surface area contributed by atoms with Crippen LogP contribution >= 0.6 is 0 Å². The Hall–Kier alpha value is -2.44. The van der Waals surface area contributed by atoms with Crippen molar-refractivity contribution < 1.29 is 19.3 Å². The minimum atomic E-state index is -0.610. The van der Waals surface area contributed by atoms with E-state index in [1.54, 1.807) is 20.8 Å². The Morgan fingerprint density at radius 1 is 1.25 bits per heavy atom. The number of non-ortho nitro benzene ring substituents is 1. The standard InChI is InChI=1S/C13H16N2O5/c1-9(12(16)19-13(2,3)4)14-20-11-7-5-10(6-8-11)15(17)18/h5-8H,1-4H3. The van der Waals surface area contributed by atoms with Crippen LogP contribution in [0.3, 0.4) is 0 Å². The van der Waals surface area contributed by atoms with Crippen LogP contribution in [0.4, 0.5) is 5.69 Å². The third-order valence-corrected chi connectivity index (χ3v) is 2.03. The van der Waals surface area contributed by atoms with Gasteiger partial charge in [-0.3, -0.25) is 10.1 Å². The molecular formula is C13H16N2O5. The number of oxime groups is 1. The van der Waals surface area contributed by atoms with E-state index in [-0.39, 0.29) is 11.4 Å². The predicted molar refractivity (Wildman–Crippen MR) is 72.7 cm³/mol. The second-order valence-corrected chi connectivity index (χ2v) is 5.02. The monoisotopic (exact) mass is 280 g/mol. The zero-order valence-electron chi connectivity index (χ0n) is 11.7. The van der Waals surface area contributed by atoms with Crippen LogP contribution in [0.5, 0.6) is 5.75 Å².